The molecule has 0 amide bonds. The largest absolute Gasteiger partial charge is 0.481 e. The number of thioether (sulfide) groups is 1. The summed E-state index contributed by atoms with van der Waals surface area (Å²) in [7, 11) is 0. The van der Waals surface area contributed by atoms with Crippen molar-refractivity contribution in [2.75, 3.05) is 5.75 Å². The SMILES string of the molecule is O=C(O)CSc1nc(=O)ccn1Cc1ccccc1Br. The first-order valence-electron chi connectivity index (χ1n) is 5.72. The summed E-state index contributed by atoms with van der Waals surface area (Å²) in [4.78, 5) is 25.8. The van der Waals surface area contributed by atoms with Crippen LogP contribution in [0.25, 0.3) is 0 Å². The highest BCUT2D eigenvalue weighted by Crippen LogP contribution is 2.20. The van der Waals surface area contributed by atoms with E-state index in [9.17, 15) is 9.59 Å². The number of hydrogen-bond donors (Lipinski definition) is 1. The van der Waals surface area contributed by atoms with Gasteiger partial charge in [-0.1, -0.05) is 45.9 Å². The number of carboxylic acids is 1. The van der Waals surface area contributed by atoms with Crippen molar-refractivity contribution in [3.05, 3.63) is 56.9 Å². The third kappa shape index (κ3) is 3.94. The van der Waals surface area contributed by atoms with E-state index in [4.69, 9.17) is 5.11 Å². The summed E-state index contributed by atoms with van der Waals surface area (Å²) in [6.07, 6.45) is 1.62. The lowest BCUT2D eigenvalue weighted by molar-refractivity contribution is -0.133. The normalized spacial score (nSPS) is 10.4. The Morgan fingerprint density at radius 3 is 2.80 bits per heavy atom. The van der Waals surface area contributed by atoms with Crippen LogP contribution in [-0.2, 0) is 11.3 Å². The van der Waals surface area contributed by atoms with E-state index in [1.54, 1.807) is 10.8 Å². The van der Waals surface area contributed by atoms with Crippen LogP contribution in [-0.4, -0.2) is 26.4 Å². The first-order valence-corrected chi connectivity index (χ1v) is 7.49. The molecule has 20 heavy (non-hydrogen) atoms. The minimum atomic E-state index is -0.944. The first-order chi connectivity index (χ1) is 9.56. The average Bonchev–Trinajstić information content (AvgIpc) is 2.41. The van der Waals surface area contributed by atoms with E-state index in [1.165, 1.54) is 6.07 Å². The molecule has 0 bridgehead atoms. The maximum absolute atomic E-state index is 11.3. The highest BCUT2D eigenvalue weighted by atomic mass is 79.9. The average molecular weight is 355 g/mol. The van der Waals surface area contributed by atoms with Gasteiger partial charge in [-0.05, 0) is 11.6 Å². The quantitative estimate of drug-likeness (QED) is 0.658. The number of carbonyl (C=O) groups is 1. The van der Waals surface area contributed by atoms with Crippen molar-refractivity contribution in [3.8, 4) is 0 Å². The van der Waals surface area contributed by atoms with Gasteiger partial charge in [0.2, 0.25) is 0 Å². The Morgan fingerprint density at radius 1 is 1.35 bits per heavy atom. The molecule has 1 N–H and O–H groups in total. The Kier molecular flexibility index (Phi) is 4.97. The number of nitrogens with zero attached hydrogens (tertiary/aromatic N) is 2. The van der Waals surface area contributed by atoms with Gasteiger partial charge in [-0.15, -0.1) is 0 Å². The first kappa shape index (κ1) is 14.8. The van der Waals surface area contributed by atoms with Crippen LogP contribution in [0.4, 0.5) is 0 Å². The molecule has 2 aromatic rings. The van der Waals surface area contributed by atoms with E-state index in [1.807, 2.05) is 24.3 Å². The van der Waals surface area contributed by atoms with Crippen molar-refractivity contribution in [2.24, 2.45) is 0 Å². The zero-order chi connectivity index (χ0) is 14.5. The Bertz CT molecular complexity index is 687. The second kappa shape index (κ2) is 6.71. The van der Waals surface area contributed by atoms with E-state index in [0.29, 0.717) is 11.7 Å². The molecule has 0 fully saturated rings. The predicted octanol–water partition coefficient (Wildman–Crippen LogP) is 2.23. The van der Waals surface area contributed by atoms with E-state index < -0.39 is 5.97 Å². The molecule has 1 aromatic heterocycles. The lowest BCUT2D eigenvalue weighted by Gasteiger charge is -2.12. The molecule has 0 spiro atoms. The number of hydrogen-bond acceptors (Lipinski definition) is 4. The van der Waals surface area contributed by atoms with Crippen LogP contribution >= 0.6 is 27.7 Å². The Balaban J connectivity index is 2.29. The Hall–Kier alpha value is -1.60. The minimum absolute atomic E-state index is 0.133. The molecule has 104 valence electrons. The second-order valence-corrected chi connectivity index (χ2v) is 5.75. The monoisotopic (exact) mass is 354 g/mol. The lowest BCUT2D eigenvalue weighted by Crippen LogP contribution is -2.15. The van der Waals surface area contributed by atoms with Gasteiger partial charge in [-0.2, -0.15) is 4.98 Å². The van der Waals surface area contributed by atoms with E-state index in [-0.39, 0.29) is 11.3 Å². The van der Waals surface area contributed by atoms with Crippen molar-refractivity contribution >= 4 is 33.7 Å². The lowest BCUT2D eigenvalue weighted by atomic mass is 10.2. The Morgan fingerprint density at radius 2 is 2.10 bits per heavy atom. The topological polar surface area (TPSA) is 72.2 Å². The summed E-state index contributed by atoms with van der Waals surface area (Å²) in [5.41, 5.74) is 0.649. The van der Waals surface area contributed by atoms with Crippen LogP contribution in [0.15, 0.2) is 51.0 Å². The van der Waals surface area contributed by atoms with Crippen molar-refractivity contribution < 1.29 is 9.90 Å². The van der Waals surface area contributed by atoms with Crippen LogP contribution in [0, 0.1) is 0 Å². The fourth-order valence-electron chi connectivity index (χ4n) is 1.59. The number of rotatable bonds is 5. The number of halogens is 1. The molecular formula is C13H11BrN2O3S. The maximum Gasteiger partial charge on any atom is 0.313 e. The highest BCUT2D eigenvalue weighted by Gasteiger charge is 2.08. The maximum atomic E-state index is 11.3. The molecule has 0 unspecified atom stereocenters. The van der Waals surface area contributed by atoms with Crippen molar-refractivity contribution in [1.29, 1.82) is 0 Å². The van der Waals surface area contributed by atoms with Gasteiger partial charge in [0, 0.05) is 16.7 Å². The van der Waals surface area contributed by atoms with Gasteiger partial charge in [-0.3, -0.25) is 9.59 Å². The van der Waals surface area contributed by atoms with E-state index in [0.717, 1.165) is 21.8 Å². The number of aliphatic carboxylic acids is 1. The standard InChI is InChI=1S/C13H11BrN2O3S/c14-10-4-2-1-3-9(10)7-16-6-5-11(17)15-13(16)20-8-12(18)19/h1-6H,7-8H2,(H,18,19). The molecule has 0 saturated heterocycles. The molecule has 0 atom stereocenters. The van der Waals surface area contributed by atoms with Crippen LogP contribution < -0.4 is 5.56 Å². The van der Waals surface area contributed by atoms with Gasteiger partial charge < -0.3 is 9.67 Å². The zero-order valence-electron chi connectivity index (χ0n) is 10.3. The molecule has 0 saturated carbocycles. The van der Waals surface area contributed by atoms with Crippen molar-refractivity contribution in [2.45, 2.75) is 11.7 Å². The molecule has 0 aliphatic heterocycles. The van der Waals surface area contributed by atoms with Crippen LogP contribution in [0.1, 0.15) is 5.56 Å². The Labute approximate surface area is 127 Å². The summed E-state index contributed by atoms with van der Waals surface area (Å²) < 4.78 is 2.71. The van der Waals surface area contributed by atoms with Crippen LogP contribution in [0.3, 0.4) is 0 Å². The molecule has 5 nitrogen and oxygen atoms in total. The minimum Gasteiger partial charge on any atom is -0.481 e. The van der Waals surface area contributed by atoms with Gasteiger partial charge in [-0.25, -0.2) is 0 Å². The smallest absolute Gasteiger partial charge is 0.313 e. The third-order valence-electron chi connectivity index (χ3n) is 2.47. The van der Waals surface area contributed by atoms with E-state index >= 15 is 0 Å². The number of carboxylic acid groups (broad SMARTS) is 1. The molecule has 1 heterocycles. The summed E-state index contributed by atoms with van der Waals surface area (Å²) in [5, 5.41) is 9.12. The summed E-state index contributed by atoms with van der Waals surface area (Å²) in [5.74, 6) is -1.08. The van der Waals surface area contributed by atoms with Crippen molar-refractivity contribution in [1.82, 2.24) is 9.55 Å². The van der Waals surface area contributed by atoms with Gasteiger partial charge in [0.25, 0.3) is 5.56 Å². The highest BCUT2D eigenvalue weighted by molar-refractivity contribution is 9.10. The van der Waals surface area contributed by atoms with Crippen molar-refractivity contribution in [3.63, 3.8) is 0 Å². The van der Waals surface area contributed by atoms with Crippen LogP contribution in [0.5, 0.6) is 0 Å². The third-order valence-corrected chi connectivity index (χ3v) is 4.22. The molecule has 7 heteroatoms. The van der Waals surface area contributed by atoms with Crippen LogP contribution in [0.2, 0.25) is 0 Å². The fraction of sp³-hybridized carbons (Fsp3) is 0.154. The summed E-state index contributed by atoms with van der Waals surface area (Å²) >= 11 is 4.49. The summed E-state index contributed by atoms with van der Waals surface area (Å²) in [6, 6.07) is 9.07. The summed E-state index contributed by atoms with van der Waals surface area (Å²) in [6.45, 7) is 0.511. The van der Waals surface area contributed by atoms with Gasteiger partial charge in [0.1, 0.15) is 0 Å². The number of benzene rings is 1. The molecule has 0 aliphatic carbocycles. The zero-order valence-corrected chi connectivity index (χ0v) is 12.7. The molecule has 0 radical (unpaired) electrons. The van der Waals surface area contributed by atoms with Gasteiger partial charge >= 0.3 is 5.97 Å². The van der Waals surface area contributed by atoms with Gasteiger partial charge in [0.05, 0.1) is 12.3 Å². The van der Waals surface area contributed by atoms with Gasteiger partial charge in [0.15, 0.2) is 5.16 Å². The number of aromatic nitrogens is 2. The molecule has 2 rings (SSSR count). The molecule has 1 aromatic carbocycles. The second-order valence-electron chi connectivity index (χ2n) is 3.95. The predicted molar refractivity (Wildman–Crippen MR) is 80.1 cm³/mol. The molecule has 0 aliphatic rings. The fourth-order valence-corrected chi connectivity index (χ4v) is 2.69. The van der Waals surface area contributed by atoms with E-state index in [2.05, 4.69) is 20.9 Å². The molecular weight excluding hydrogens is 344 g/mol.